The van der Waals surface area contributed by atoms with Gasteiger partial charge in [0.2, 0.25) is 11.7 Å². The third kappa shape index (κ3) is 10.0. The number of hydrogen-bond donors (Lipinski definition) is 2. The smallest absolute Gasteiger partial charge is 0.273 e. The van der Waals surface area contributed by atoms with Gasteiger partial charge in [-0.2, -0.15) is 0 Å². The van der Waals surface area contributed by atoms with Crippen LogP contribution in [0.3, 0.4) is 0 Å². The molecule has 0 saturated heterocycles. The number of carbonyl (C=O) groups excluding carboxylic acids is 1. The van der Waals surface area contributed by atoms with Crippen LogP contribution >= 0.6 is 0 Å². The predicted molar refractivity (Wildman–Crippen MR) is 233 cm³/mol. The Kier molecular flexibility index (Phi) is 14.9. The highest BCUT2D eigenvalue weighted by Gasteiger charge is 2.65. The van der Waals surface area contributed by atoms with Crippen molar-refractivity contribution >= 4 is 17.3 Å². The monoisotopic (exact) mass is 835 g/mol. The van der Waals surface area contributed by atoms with Gasteiger partial charge in [-0.1, -0.05) is 92.2 Å². The Morgan fingerprint density at radius 3 is 2.48 bits per heavy atom. The summed E-state index contributed by atoms with van der Waals surface area (Å²) in [7, 11) is 1.86. The number of non-ortho nitro benzene ring substituents is 1. The number of likely N-dealkylation sites (N-methyl/N-ethyl adjacent to an activating group) is 1. The molecule has 7 rings (SSSR count). The highest BCUT2D eigenvalue weighted by molar-refractivity contribution is 6.03. The van der Waals surface area contributed by atoms with E-state index in [1.807, 2.05) is 54.4 Å². The maximum atomic E-state index is 14.4. The zero-order valence-electron chi connectivity index (χ0n) is 35.4. The highest BCUT2D eigenvalue weighted by atomic mass is 16.7. The van der Waals surface area contributed by atoms with E-state index in [0.717, 1.165) is 67.4 Å². The third-order valence-electron chi connectivity index (χ3n) is 13.3. The molecule has 0 bridgehead atoms. The number of nitro benzene ring substituents is 1. The van der Waals surface area contributed by atoms with Gasteiger partial charge < -0.3 is 34.2 Å². The van der Waals surface area contributed by atoms with Crippen molar-refractivity contribution in [3.63, 3.8) is 0 Å². The molecule has 0 aromatic heterocycles. The second-order valence-corrected chi connectivity index (χ2v) is 17.1. The molecular weight excluding hydrogens is 775 g/mol. The van der Waals surface area contributed by atoms with E-state index < -0.39 is 22.7 Å². The molecule has 12 heteroatoms. The van der Waals surface area contributed by atoms with E-state index in [1.165, 1.54) is 25.0 Å². The fourth-order valence-electron chi connectivity index (χ4n) is 10.3. The summed E-state index contributed by atoms with van der Waals surface area (Å²) in [6.07, 6.45) is 14.9. The molecule has 3 aliphatic carbocycles. The third-order valence-corrected chi connectivity index (χ3v) is 13.3. The number of carbonyl (C=O) groups is 1. The zero-order valence-corrected chi connectivity index (χ0v) is 35.4. The van der Waals surface area contributed by atoms with Crippen molar-refractivity contribution in [3.05, 3.63) is 118 Å². The number of ether oxygens (including phenoxy) is 3. The minimum atomic E-state index is -1.35. The molecule has 4 aliphatic rings. The first-order valence-corrected chi connectivity index (χ1v) is 22.2. The summed E-state index contributed by atoms with van der Waals surface area (Å²) in [6, 6.07) is 21.1. The highest BCUT2D eigenvalue weighted by Crippen LogP contribution is 2.62. The van der Waals surface area contributed by atoms with Crippen LogP contribution < -0.4 is 9.47 Å². The second kappa shape index (κ2) is 20.7. The van der Waals surface area contributed by atoms with Crippen molar-refractivity contribution < 1.29 is 39.0 Å². The normalized spacial score (nSPS) is 24.9. The van der Waals surface area contributed by atoms with Crippen molar-refractivity contribution in [2.45, 2.75) is 108 Å². The topological polar surface area (TPSA) is 153 Å². The van der Waals surface area contributed by atoms with Crippen molar-refractivity contribution in [2.75, 3.05) is 26.9 Å². The number of oxime groups is 1. The van der Waals surface area contributed by atoms with Crippen molar-refractivity contribution in [2.24, 2.45) is 28.8 Å². The number of amides is 1. The molecule has 6 unspecified atom stereocenters. The molecule has 0 spiro atoms. The Balaban J connectivity index is 1.38. The lowest BCUT2D eigenvalue weighted by atomic mass is 9.55. The van der Waals surface area contributed by atoms with Gasteiger partial charge in [-0.3, -0.25) is 14.9 Å². The molecule has 0 radical (unpaired) electrons. The largest absolute Gasteiger partial charge is 0.459 e. The van der Waals surface area contributed by atoms with Crippen LogP contribution in [0, 0.1) is 33.8 Å². The maximum absolute atomic E-state index is 14.4. The van der Waals surface area contributed by atoms with Crippen molar-refractivity contribution in [1.29, 1.82) is 0 Å². The summed E-state index contributed by atoms with van der Waals surface area (Å²) in [5, 5.41) is 36.4. The lowest BCUT2D eigenvalue weighted by Crippen LogP contribution is -2.69. The van der Waals surface area contributed by atoms with Crippen LogP contribution in [0.2, 0.25) is 0 Å². The van der Waals surface area contributed by atoms with E-state index in [2.05, 4.69) is 12.7 Å². The lowest BCUT2D eigenvalue weighted by Gasteiger charge is -2.59. The SMILES string of the molecule is C=CCOC12Oc3ccc(Oc4cccc([N+](=O)[O-])c4)cc3C3C(CCCCO)C(CCCCO)C=C(C(=NOCc4ccccc4)CC1N(C)C(=O)CCC1CCCC1)C32. The number of allylic oxidation sites excluding steroid dienone is 1. The van der Waals surface area contributed by atoms with Gasteiger partial charge in [0.1, 0.15) is 29.9 Å². The molecule has 6 atom stereocenters. The minimum absolute atomic E-state index is 0.0271. The molecule has 2 fully saturated rings. The van der Waals surface area contributed by atoms with Gasteiger partial charge in [0, 0.05) is 50.7 Å². The van der Waals surface area contributed by atoms with Crippen LogP contribution in [-0.2, 0) is 21.0 Å². The molecule has 1 heterocycles. The summed E-state index contributed by atoms with van der Waals surface area (Å²) in [6.45, 7) is 4.64. The van der Waals surface area contributed by atoms with Crippen LogP contribution in [0.25, 0.3) is 0 Å². The van der Waals surface area contributed by atoms with E-state index >= 15 is 0 Å². The van der Waals surface area contributed by atoms with Crippen LogP contribution in [0.5, 0.6) is 17.2 Å². The number of fused-ring (bicyclic) bond motifs is 2. The van der Waals surface area contributed by atoms with Crippen LogP contribution in [0.15, 0.2) is 102 Å². The van der Waals surface area contributed by atoms with Gasteiger partial charge in [-0.15, -0.1) is 6.58 Å². The number of aliphatic hydroxyl groups is 2. The Bertz CT molecular complexity index is 2030. The van der Waals surface area contributed by atoms with E-state index in [1.54, 1.807) is 24.3 Å². The van der Waals surface area contributed by atoms with Gasteiger partial charge in [0.15, 0.2) is 0 Å². The first-order valence-electron chi connectivity index (χ1n) is 22.2. The fourth-order valence-corrected chi connectivity index (χ4v) is 10.3. The van der Waals surface area contributed by atoms with Gasteiger partial charge in [0.25, 0.3) is 5.69 Å². The summed E-state index contributed by atoms with van der Waals surface area (Å²) in [5.41, 5.74) is 3.50. The number of nitro groups is 1. The average molecular weight is 836 g/mol. The maximum Gasteiger partial charge on any atom is 0.273 e. The molecule has 61 heavy (non-hydrogen) atoms. The standard InChI is InChI=1S/C49H61N3O9/c1-3-28-58-49-45(51(2)46(55)25-22-34-14-7-8-15-34)32-43(50-59-33-35-16-5-4-6-17-35)41-29-36(18-9-11-26-53)40(21-10-12-27-54)47(48(41)49)42-31-39(23-24-44(42)61-49)60-38-20-13-19-37(30-38)52(56)57/h3-6,13,16-17,19-20,23-24,29-31,34,36,40,45,47-48,53-54H,1,7-12,14-15,18,21-22,25-28,32-33H2,2H3. The molecule has 326 valence electrons. The van der Waals surface area contributed by atoms with Gasteiger partial charge in [-0.05, 0) is 85.3 Å². The molecule has 1 amide bonds. The van der Waals surface area contributed by atoms with Gasteiger partial charge in [0.05, 0.1) is 29.2 Å². The Labute approximate surface area is 359 Å². The lowest BCUT2D eigenvalue weighted by molar-refractivity contribution is -0.384. The van der Waals surface area contributed by atoms with E-state index in [4.69, 9.17) is 24.2 Å². The number of benzene rings is 3. The van der Waals surface area contributed by atoms with Gasteiger partial charge >= 0.3 is 0 Å². The number of nitrogens with zero attached hydrogens (tertiary/aromatic N) is 3. The molecule has 1 aliphatic heterocycles. The molecule has 2 saturated carbocycles. The molecule has 12 nitrogen and oxygen atoms in total. The Hall–Kier alpha value is -5.04. The molecule has 3 aromatic carbocycles. The van der Waals surface area contributed by atoms with Crippen LogP contribution in [0.4, 0.5) is 5.69 Å². The van der Waals surface area contributed by atoms with E-state index in [0.29, 0.717) is 48.8 Å². The van der Waals surface area contributed by atoms with E-state index in [-0.39, 0.29) is 55.8 Å². The number of hydrogen-bond acceptors (Lipinski definition) is 10. The molecular formula is C49H61N3O9. The summed E-state index contributed by atoms with van der Waals surface area (Å²) in [4.78, 5) is 33.6. The number of unbranched alkanes of at least 4 members (excludes halogenated alkanes) is 2. The summed E-state index contributed by atoms with van der Waals surface area (Å²) >= 11 is 0. The number of aliphatic hydroxyl groups excluding tert-OH is 2. The van der Waals surface area contributed by atoms with Crippen molar-refractivity contribution in [3.8, 4) is 17.2 Å². The molecule has 2 N–H and O–H groups in total. The summed E-state index contributed by atoms with van der Waals surface area (Å²) in [5.74, 6) is 0.0828. The van der Waals surface area contributed by atoms with Crippen LogP contribution in [-0.4, -0.2) is 70.4 Å². The number of rotatable bonds is 21. The fraction of sp³-hybridized carbons (Fsp3) is 0.510. The van der Waals surface area contributed by atoms with Gasteiger partial charge in [-0.25, -0.2) is 0 Å². The first-order chi connectivity index (χ1) is 29.8. The summed E-state index contributed by atoms with van der Waals surface area (Å²) < 4.78 is 20.7. The predicted octanol–water partition coefficient (Wildman–Crippen LogP) is 9.65. The minimum Gasteiger partial charge on any atom is -0.459 e. The van der Waals surface area contributed by atoms with E-state index in [9.17, 15) is 25.1 Å². The first kappa shape index (κ1) is 44.0. The Morgan fingerprint density at radius 1 is 0.984 bits per heavy atom. The Morgan fingerprint density at radius 2 is 1.74 bits per heavy atom. The quantitative estimate of drug-likeness (QED) is 0.0462. The zero-order chi connectivity index (χ0) is 42.8. The van der Waals surface area contributed by atoms with Crippen LogP contribution in [0.1, 0.15) is 101 Å². The second-order valence-electron chi connectivity index (χ2n) is 17.1. The average Bonchev–Trinajstić information content (AvgIpc) is 3.80. The molecule has 3 aromatic rings. The van der Waals surface area contributed by atoms with Crippen molar-refractivity contribution in [1.82, 2.24) is 4.90 Å².